The summed E-state index contributed by atoms with van der Waals surface area (Å²) in [5, 5.41) is 8.56. The average Bonchev–Trinajstić information content (AvgIpc) is 2.04. The summed E-state index contributed by atoms with van der Waals surface area (Å²) < 4.78 is 1.51. The van der Waals surface area contributed by atoms with Crippen LogP contribution in [-0.4, -0.2) is 23.8 Å². The molecule has 1 N–H and O–H groups in total. The molecule has 0 fully saturated rings. The predicted octanol–water partition coefficient (Wildman–Crippen LogP) is 2.04. The van der Waals surface area contributed by atoms with Crippen molar-refractivity contribution in [3.8, 4) is 0 Å². The maximum atomic E-state index is 10.4. The minimum Gasteiger partial charge on any atom is -0.478 e. The first-order valence-electron chi connectivity index (χ1n) is 3.42. The molecule has 0 bridgehead atoms. The van der Waals surface area contributed by atoms with Crippen molar-refractivity contribution in [1.82, 2.24) is 0 Å². The first kappa shape index (κ1) is 11.4. The summed E-state index contributed by atoms with van der Waals surface area (Å²) in [6.45, 7) is 2.62. The maximum Gasteiger partial charge on any atom is 0.336 e. The second kappa shape index (κ2) is 7.02. The van der Waals surface area contributed by atoms with Gasteiger partial charge in [-0.15, -0.1) is 0 Å². The van der Waals surface area contributed by atoms with Gasteiger partial charge in [0.25, 0.3) is 0 Å². The Hall–Kier alpha value is -0.650. The zero-order valence-corrected chi connectivity index (χ0v) is 8.85. The van der Waals surface area contributed by atoms with E-state index in [0.29, 0.717) is 6.54 Å². The van der Waals surface area contributed by atoms with Crippen LogP contribution in [0.25, 0.3) is 0 Å². The molecule has 0 spiro atoms. The van der Waals surface area contributed by atoms with Crippen molar-refractivity contribution < 1.29 is 9.90 Å². The van der Waals surface area contributed by atoms with Gasteiger partial charge in [0, 0.05) is 12.8 Å². The van der Waals surface area contributed by atoms with Crippen LogP contribution in [0.5, 0.6) is 0 Å². The van der Waals surface area contributed by atoms with E-state index in [9.17, 15) is 4.79 Å². The van der Waals surface area contributed by atoms with E-state index >= 15 is 0 Å². The Morgan fingerprint density at radius 3 is 2.75 bits per heavy atom. The molecule has 0 aromatic carbocycles. The van der Waals surface area contributed by atoms with Gasteiger partial charge in [-0.05, 0) is 23.2 Å². The molecule has 0 rings (SSSR count). The number of carboxylic acids is 1. The predicted molar refractivity (Wildman–Crippen MR) is 57.9 cm³/mol. The van der Waals surface area contributed by atoms with Gasteiger partial charge in [-0.2, -0.15) is 0 Å². The minimum atomic E-state index is -0.925. The molecule has 4 heteroatoms. The van der Waals surface area contributed by atoms with Crippen LogP contribution in [0, 0.1) is 0 Å². The summed E-state index contributed by atoms with van der Waals surface area (Å²) in [5.41, 5.74) is 0.262. The first-order chi connectivity index (χ1) is 5.72. The van der Waals surface area contributed by atoms with Gasteiger partial charge in [-0.1, -0.05) is 22.6 Å². The molecule has 0 aromatic heterocycles. The SMILES string of the molecule is CC/N=C/C=C\C(=C/I)C(=O)O. The molecule has 0 aliphatic carbocycles. The maximum absolute atomic E-state index is 10.4. The standard InChI is InChI=1S/C8H10INO2/c1-2-10-5-3-4-7(6-9)8(11)12/h3-6H,2H2,1H3,(H,11,12)/b4-3-,7-6+,10-5+. The van der Waals surface area contributed by atoms with E-state index in [-0.39, 0.29) is 5.57 Å². The number of hydrogen-bond acceptors (Lipinski definition) is 2. The van der Waals surface area contributed by atoms with E-state index in [4.69, 9.17) is 5.11 Å². The summed E-state index contributed by atoms with van der Waals surface area (Å²) >= 11 is 1.89. The molecule has 12 heavy (non-hydrogen) atoms. The number of hydrogen-bond donors (Lipinski definition) is 1. The Bertz CT molecular complexity index is 231. The second-order valence-corrected chi connectivity index (χ2v) is 2.50. The second-order valence-electron chi connectivity index (χ2n) is 1.88. The number of aliphatic imine (C=N–C) groups is 1. The highest BCUT2D eigenvalue weighted by Gasteiger charge is 1.99. The smallest absolute Gasteiger partial charge is 0.336 e. The lowest BCUT2D eigenvalue weighted by Crippen LogP contribution is -1.95. The fourth-order valence-electron chi connectivity index (χ4n) is 0.467. The molecule has 0 radical (unpaired) electrons. The van der Waals surface area contributed by atoms with Gasteiger partial charge < -0.3 is 5.11 Å². The zero-order valence-electron chi connectivity index (χ0n) is 6.70. The van der Waals surface area contributed by atoms with Crippen LogP contribution < -0.4 is 0 Å². The minimum absolute atomic E-state index is 0.262. The third-order valence-electron chi connectivity index (χ3n) is 1.01. The first-order valence-corrected chi connectivity index (χ1v) is 4.67. The van der Waals surface area contributed by atoms with Gasteiger partial charge in [0.2, 0.25) is 0 Å². The summed E-state index contributed by atoms with van der Waals surface area (Å²) in [7, 11) is 0. The van der Waals surface area contributed by atoms with Gasteiger partial charge in [-0.3, -0.25) is 4.99 Å². The van der Waals surface area contributed by atoms with Crippen molar-refractivity contribution in [3.05, 3.63) is 21.8 Å². The molecule has 0 saturated heterocycles. The molecule has 0 unspecified atom stereocenters. The Balaban J connectivity index is 4.13. The van der Waals surface area contributed by atoms with Crippen molar-refractivity contribution in [1.29, 1.82) is 0 Å². The van der Waals surface area contributed by atoms with Crippen molar-refractivity contribution in [2.75, 3.05) is 6.54 Å². The van der Waals surface area contributed by atoms with Gasteiger partial charge in [0.15, 0.2) is 0 Å². The Morgan fingerprint density at radius 1 is 1.67 bits per heavy atom. The van der Waals surface area contributed by atoms with Crippen LogP contribution in [0.2, 0.25) is 0 Å². The van der Waals surface area contributed by atoms with E-state index < -0.39 is 5.97 Å². The summed E-state index contributed by atoms with van der Waals surface area (Å²) in [5.74, 6) is -0.925. The highest BCUT2D eigenvalue weighted by Crippen LogP contribution is 2.00. The molecule has 0 aliphatic rings. The van der Waals surface area contributed by atoms with Crippen LogP contribution in [0.15, 0.2) is 26.8 Å². The number of nitrogens with zero attached hydrogens (tertiary/aromatic N) is 1. The van der Waals surface area contributed by atoms with Crippen molar-refractivity contribution in [3.63, 3.8) is 0 Å². The fourth-order valence-corrected chi connectivity index (χ4v) is 0.941. The Morgan fingerprint density at radius 2 is 2.33 bits per heavy atom. The van der Waals surface area contributed by atoms with E-state index in [2.05, 4.69) is 4.99 Å². The number of allylic oxidation sites excluding steroid dienone is 1. The lowest BCUT2D eigenvalue weighted by Gasteiger charge is -1.88. The van der Waals surface area contributed by atoms with E-state index in [0.717, 1.165) is 0 Å². The Labute approximate surface area is 85.0 Å². The molecule has 0 aromatic rings. The zero-order chi connectivity index (χ0) is 9.40. The molecule has 0 saturated carbocycles. The van der Waals surface area contributed by atoms with Crippen LogP contribution >= 0.6 is 22.6 Å². The lowest BCUT2D eigenvalue weighted by atomic mass is 10.3. The van der Waals surface area contributed by atoms with Crippen LogP contribution in [0.4, 0.5) is 0 Å². The fraction of sp³-hybridized carbons (Fsp3) is 0.250. The monoisotopic (exact) mass is 279 g/mol. The lowest BCUT2D eigenvalue weighted by molar-refractivity contribution is -0.132. The summed E-state index contributed by atoms with van der Waals surface area (Å²) in [6.07, 6.45) is 4.71. The quantitative estimate of drug-likeness (QED) is 0.370. The number of aliphatic carboxylic acids is 1. The normalized spacial score (nSPS) is 13.0. The highest BCUT2D eigenvalue weighted by atomic mass is 127. The molecule has 0 heterocycles. The van der Waals surface area contributed by atoms with Crippen LogP contribution in [0.1, 0.15) is 6.92 Å². The van der Waals surface area contributed by atoms with Crippen molar-refractivity contribution in [2.24, 2.45) is 4.99 Å². The number of halogens is 1. The molecule has 0 aliphatic heterocycles. The molecule has 0 amide bonds. The third-order valence-corrected chi connectivity index (χ3v) is 1.69. The van der Waals surface area contributed by atoms with Crippen LogP contribution in [0.3, 0.4) is 0 Å². The molecule has 66 valence electrons. The van der Waals surface area contributed by atoms with E-state index in [1.165, 1.54) is 10.2 Å². The number of carboxylic acid groups (broad SMARTS) is 1. The highest BCUT2D eigenvalue weighted by molar-refractivity contribution is 14.1. The average molecular weight is 279 g/mol. The third kappa shape index (κ3) is 5.06. The largest absolute Gasteiger partial charge is 0.478 e. The Kier molecular flexibility index (Phi) is 6.64. The summed E-state index contributed by atoms with van der Waals surface area (Å²) in [6, 6.07) is 0. The van der Waals surface area contributed by atoms with Gasteiger partial charge in [0.1, 0.15) is 0 Å². The van der Waals surface area contributed by atoms with Gasteiger partial charge in [0.05, 0.1) is 5.57 Å². The summed E-state index contributed by atoms with van der Waals surface area (Å²) in [4.78, 5) is 14.3. The molecular weight excluding hydrogens is 269 g/mol. The molecular formula is C8H10INO2. The van der Waals surface area contributed by atoms with E-state index in [1.54, 1.807) is 12.3 Å². The number of carbonyl (C=O) groups is 1. The molecule has 3 nitrogen and oxygen atoms in total. The van der Waals surface area contributed by atoms with Gasteiger partial charge in [-0.25, -0.2) is 4.79 Å². The van der Waals surface area contributed by atoms with Crippen LogP contribution in [-0.2, 0) is 4.79 Å². The van der Waals surface area contributed by atoms with Crippen molar-refractivity contribution >= 4 is 34.8 Å². The van der Waals surface area contributed by atoms with E-state index in [1.807, 2.05) is 29.5 Å². The number of rotatable bonds is 4. The molecule has 0 atom stereocenters. The van der Waals surface area contributed by atoms with Gasteiger partial charge >= 0.3 is 5.97 Å². The topological polar surface area (TPSA) is 49.7 Å². The van der Waals surface area contributed by atoms with Crippen molar-refractivity contribution in [2.45, 2.75) is 6.92 Å².